The first-order valence-corrected chi connectivity index (χ1v) is 8.57. The normalized spacial score (nSPS) is 18.8. The van der Waals surface area contributed by atoms with Gasteiger partial charge in [0.25, 0.3) is 0 Å². The number of aryl methyl sites for hydroxylation is 1. The number of aromatic nitrogens is 1. The number of para-hydroxylation sites is 1. The Morgan fingerprint density at radius 3 is 2.91 bits per heavy atom. The van der Waals surface area contributed by atoms with Crippen molar-refractivity contribution < 1.29 is 4.74 Å². The number of rotatable bonds is 5. The van der Waals surface area contributed by atoms with Crippen LogP contribution in [0.15, 0.2) is 30.3 Å². The average molecular weight is 313 g/mol. The van der Waals surface area contributed by atoms with E-state index in [-0.39, 0.29) is 6.10 Å². The van der Waals surface area contributed by atoms with Gasteiger partial charge in [0.1, 0.15) is 0 Å². The second kappa shape index (κ2) is 7.28. The zero-order chi connectivity index (χ0) is 16.2. The van der Waals surface area contributed by atoms with Crippen LogP contribution < -0.4 is 4.90 Å². The molecular formula is C19H27N3O. The molecule has 0 radical (unpaired) electrons. The molecule has 3 rings (SSSR count). The minimum absolute atomic E-state index is 0.264. The number of anilines is 1. The van der Waals surface area contributed by atoms with Gasteiger partial charge < -0.3 is 14.5 Å². The quantitative estimate of drug-likeness (QED) is 0.848. The number of ether oxygens (including phenoxy) is 1. The maximum absolute atomic E-state index is 5.93. The molecule has 1 aromatic carbocycles. The van der Waals surface area contributed by atoms with Gasteiger partial charge in [-0.2, -0.15) is 0 Å². The van der Waals surface area contributed by atoms with Gasteiger partial charge in [0.2, 0.25) is 0 Å². The van der Waals surface area contributed by atoms with Crippen molar-refractivity contribution in [1.82, 2.24) is 9.88 Å². The first-order valence-electron chi connectivity index (χ1n) is 8.57. The fourth-order valence-corrected chi connectivity index (χ4v) is 3.31. The minimum atomic E-state index is 0.264. The van der Waals surface area contributed by atoms with Crippen LogP contribution in [0.4, 0.5) is 5.69 Å². The molecule has 0 saturated carbocycles. The fraction of sp³-hybridized carbons (Fsp3) is 0.526. The molecule has 1 aliphatic heterocycles. The molecule has 0 aliphatic carbocycles. The van der Waals surface area contributed by atoms with Gasteiger partial charge in [0.05, 0.1) is 18.2 Å². The van der Waals surface area contributed by atoms with Crippen LogP contribution in [-0.2, 0) is 11.2 Å². The smallest absolute Gasteiger partial charge is 0.0877 e. The van der Waals surface area contributed by atoms with E-state index in [9.17, 15) is 0 Å². The Kier molecular flexibility index (Phi) is 5.13. The van der Waals surface area contributed by atoms with Gasteiger partial charge in [0, 0.05) is 36.4 Å². The summed E-state index contributed by atoms with van der Waals surface area (Å²) in [4.78, 5) is 9.49. The van der Waals surface area contributed by atoms with E-state index in [1.165, 1.54) is 16.8 Å². The number of benzene rings is 1. The molecule has 1 aromatic heterocycles. The van der Waals surface area contributed by atoms with E-state index < -0.39 is 0 Å². The lowest BCUT2D eigenvalue weighted by Crippen LogP contribution is -2.46. The van der Waals surface area contributed by atoms with E-state index in [1.54, 1.807) is 0 Å². The van der Waals surface area contributed by atoms with E-state index in [4.69, 9.17) is 9.72 Å². The lowest BCUT2D eigenvalue weighted by atomic mass is 10.1. The highest BCUT2D eigenvalue weighted by atomic mass is 16.5. The number of fused-ring (bicyclic) bond motifs is 1. The molecule has 2 heterocycles. The Morgan fingerprint density at radius 2 is 2.13 bits per heavy atom. The van der Waals surface area contributed by atoms with Gasteiger partial charge in [-0.1, -0.05) is 31.5 Å². The molecule has 2 aromatic rings. The highest BCUT2D eigenvalue weighted by Crippen LogP contribution is 2.28. The Labute approximate surface area is 139 Å². The Morgan fingerprint density at radius 1 is 1.30 bits per heavy atom. The largest absolute Gasteiger partial charge is 0.373 e. The second-order valence-corrected chi connectivity index (χ2v) is 6.60. The molecule has 4 heteroatoms. The van der Waals surface area contributed by atoms with Crippen molar-refractivity contribution in [3.8, 4) is 0 Å². The number of pyridine rings is 1. The summed E-state index contributed by atoms with van der Waals surface area (Å²) in [7, 11) is 4.20. The first kappa shape index (κ1) is 16.2. The summed E-state index contributed by atoms with van der Waals surface area (Å²) in [6, 6.07) is 10.8. The van der Waals surface area contributed by atoms with Crippen LogP contribution in [0.2, 0.25) is 0 Å². The van der Waals surface area contributed by atoms with Crippen LogP contribution in [0, 0.1) is 0 Å². The summed E-state index contributed by atoms with van der Waals surface area (Å²) in [5.41, 5.74) is 3.60. The molecular weight excluding hydrogens is 286 g/mol. The molecule has 23 heavy (non-hydrogen) atoms. The zero-order valence-corrected chi connectivity index (χ0v) is 14.5. The second-order valence-electron chi connectivity index (χ2n) is 6.60. The molecule has 1 unspecified atom stereocenters. The third kappa shape index (κ3) is 3.82. The van der Waals surface area contributed by atoms with Crippen LogP contribution in [0.1, 0.15) is 19.0 Å². The van der Waals surface area contributed by atoms with Crippen molar-refractivity contribution in [2.75, 3.05) is 45.2 Å². The number of hydrogen-bond donors (Lipinski definition) is 0. The standard InChI is InChI=1S/C19H27N3O/c1-4-7-15-12-19(17-8-5-6-9-18(17)20-15)22-10-11-23-16(14-22)13-21(2)3/h5-6,8-9,12,16H,4,7,10-11,13-14H2,1-3H3. The van der Waals surface area contributed by atoms with Gasteiger partial charge in [0.15, 0.2) is 0 Å². The predicted octanol–water partition coefficient (Wildman–Crippen LogP) is 2.95. The van der Waals surface area contributed by atoms with Crippen LogP contribution >= 0.6 is 0 Å². The zero-order valence-electron chi connectivity index (χ0n) is 14.5. The highest BCUT2D eigenvalue weighted by molar-refractivity contribution is 5.92. The SMILES string of the molecule is CCCc1cc(N2CCOC(CN(C)C)C2)c2ccccc2n1. The van der Waals surface area contributed by atoms with Crippen molar-refractivity contribution in [3.63, 3.8) is 0 Å². The van der Waals surface area contributed by atoms with Crippen LogP contribution in [0.3, 0.4) is 0 Å². The summed E-state index contributed by atoms with van der Waals surface area (Å²) < 4.78 is 5.93. The third-order valence-electron chi connectivity index (χ3n) is 4.30. The maximum Gasteiger partial charge on any atom is 0.0877 e. The summed E-state index contributed by atoms with van der Waals surface area (Å²) in [5.74, 6) is 0. The molecule has 1 saturated heterocycles. The Bertz CT molecular complexity index is 656. The molecule has 1 aliphatic rings. The Balaban J connectivity index is 1.93. The molecule has 1 atom stereocenters. The number of nitrogens with zero attached hydrogens (tertiary/aromatic N) is 3. The number of hydrogen-bond acceptors (Lipinski definition) is 4. The van der Waals surface area contributed by atoms with E-state index in [1.807, 2.05) is 0 Å². The summed E-state index contributed by atoms with van der Waals surface area (Å²) in [6.45, 7) is 5.85. The molecule has 1 fully saturated rings. The molecule has 0 N–H and O–H groups in total. The van der Waals surface area contributed by atoms with Crippen molar-refractivity contribution in [3.05, 3.63) is 36.0 Å². The molecule has 4 nitrogen and oxygen atoms in total. The van der Waals surface area contributed by atoms with Gasteiger partial charge in [-0.3, -0.25) is 4.98 Å². The lowest BCUT2D eigenvalue weighted by Gasteiger charge is -2.36. The maximum atomic E-state index is 5.93. The summed E-state index contributed by atoms with van der Waals surface area (Å²) in [5, 5.41) is 1.25. The van der Waals surface area contributed by atoms with Gasteiger partial charge in [-0.15, -0.1) is 0 Å². The fourth-order valence-electron chi connectivity index (χ4n) is 3.31. The first-order chi connectivity index (χ1) is 11.2. The average Bonchev–Trinajstić information content (AvgIpc) is 2.54. The summed E-state index contributed by atoms with van der Waals surface area (Å²) in [6.07, 6.45) is 2.42. The lowest BCUT2D eigenvalue weighted by molar-refractivity contribution is 0.0248. The van der Waals surface area contributed by atoms with Crippen molar-refractivity contribution >= 4 is 16.6 Å². The van der Waals surface area contributed by atoms with E-state index in [0.29, 0.717) is 0 Å². The van der Waals surface area contributed by atoms with Gasteiger partial charge >= 0.3 is 0 Å². The third-order valence-corrected chi connectivity index (χ3v) is 4.30. The molecule has 124 valence electrons. The van der Waals surface area contributed by atoms with Crippen LogP contribution in [-0.4, -0.2) is 56.3 Å². The summed E-state index contributed by atoms with van der Waals surface area (Å²) >= 11 is 0. The molecule has 0 bridgehead atoms. The van der Waals surface area contributed by atoms with Gasteiger partial charge in [-0.05, 0) is 32.6 Å². The van der Waals surface area contributed by atoms with Crippen molar-refractivity contribution in [2.24, 2.45) is 0 Å². The Hall–Kier alpha value is -1.65. The van der Waals surface area contributed by atoms with Crippen molar-refractivity contribution in [1.29, 1.82) is 0 Å². The topological polar surface area (TPSA) is 28.6 Å². The van der Waals surface area contributed by atoms with Crippen molar-refractivity contribution in [2.45, 2.75) is 25.9 Å². The highest BCUT2D eigenvalue weighted by Gasteiger charge is 2.23. The van der Waals surface area contributed by atoms with Gasteiger partial charge in [-0.25, -0.2) is 0 Å². The number of morpholine rings is 1. The van der Waals surface area contributed by atoms with E-state index in [2.05, 4.69) is 61.2 Å². The monoisotopic (exact) mass is 313 g/mol. The molecule has 0 amide bonds. The molecule has 0 spiro atoms. The van der Waals surface area contributed by atoms with E-state index >= 15 is 0 Å². The minimum Gasteiger partial charge on any atom is -0.373 e. The van der Waals surface area contributed by atoms with Crippen LogP contribution in [0.25, 0.3) is 10.9 Å². The predicted molar refractivity (Wildman–Crippen MR) is 96.2 cm³/mol. The number of likely N-dealkylation sites (N-methyl/N-ethyl adjacent to an activating group) is 1. The van der Waals surface area contributed by atoms with E-state index in [0.717, 1.165) is 44.6 Å². The van der Waals surface area contributed by atoms with Crippen LogP contribution in [0.5, 0.6) is 0 Å².